The number of Topliss-reactive ketones (excluding diaryl/α,β-unsaturated/α-hetero) is 1. The third-order valence-electron chi connectivity index (χ3n) is 5.98. The lowest BCUT2D eigenvalue weighted by Gasteiger charge is -2.26. The Morgan fingerprint density at radius 1 is 0.973 bits per heavy atom. The van der Waals surface area contributed by atoms with Crippen LogP contribution in [0.5, 0.6) is 17.2 Å². The number of methoxy groups -OCH3 is 1. The number of nitrogens with zero attached hydrogens (tertiary/aromatic N) is 1. The molecule has 1 fully saturated rings. The summed E-state index contributed by atoms with van der Waals surface area (Å²) < 4.78 is 47.7. The fourth-order valence-electron chi connectivity index (χ4n) is 4.31. The van der Waals surface area contributed by atoms with E-state index in [9.17, 15) is 33.0 Å². The third kappa shape index (κ3) is 4.95. The molecule has 1 unspecified atom stereocenters. The molecule has 1 aliphatic heterocycles. The lowest BCUT2D eigenvalue weighted by Crippen LogP contribution is -2.29. The normalized spacial score (nSPS) is 17.2. The molecule has 2 N–H and O–H groups in total. The number of ketones is 1. The lowest BCUT2D eigenvalue weighted by molar-refractivity contribution is -0.274. The first-order chi connectivity index (χ1) is 17.4. The van der Waals surface area contributed by atoms with Gasteiger partial charge in [-0.2, -0.15) is 0 Å². The number of benzene rings is 3. The molecule has 0 spiro atoms. The zero-order chi connectivity index (χ0) is 27.1. The molecule has 0 saturated carbocycles. The molecule has 3 aromatic rings. The van der Waals surface area contributed by atoms with Gasteiger partial charge in [0.2, 0.25) is 0 Å². The molecule has 1 aliphatic rings. The smallest absolute Gasteiger partial charge is 0.508 e. The van der Waals surface area contributed by atoms with Crippen LogP contribution in [-0.4, -0.2) is 35.4 Å². The number of aliphatic hydroxyl groups is 1. The molecule has 4 rings (SSSR count). The van der Waals surface area contributed by atoms with Gasteiger partial charge < -0.3 is 19.7 Å². The Balaban J connectivity index is 1.93. The summed E-state index contributed by atoms with van der Waals surface area (Å²) in [5, 5.41) is 21.1. The molecule has 0 aliphatic carbocycles. The quantitative estimate of drug-likeness (QED) is 0.264. The van der Waals surface area contributed by atoms with Crippen molar-refractivity contribution in [3.63, 3.8) is 0 Å². The SMILES string of the molecule is COc1cc(C)c(/C(O)=C2\C(=O)C(=O)N(c3cccc(OC(F)(F)F)c3)C2c2ccc(O)cc2)cc1C. The number of alkyl halides is 3. The van der Waals surface area contributed by atoms with Gasteiger partial charge in [0.1, 0.15) is 23.0 Å². The Morgan fingerprint density at radius 2 is 1.65 bits per heavy atom. The summed E-state index contributed by atoms with van der Waals surface area (Å²) in [5.74, 6) is -2.63. The van der Waals surface area contributed by atoms with Gasteiger partial charge in [-0.15, -0.1) is 13.2 Å². The summed E-state index contributed by atoms with van der Waals surface area (Å²) in [6.45, 7) is 3.44. The summed E-state index contributed by atoms with van der Waals surface area (Å²) in [6, 6.07) is 12.3. The fraction of sp³-hybridized carbons (Fsp3) is 0.185. The van der Waals surface area contributed by atoms with Crippen molar-refractivity contribution in [2.75, 3.05) is 12.0 Å². The molecule has 1 amide bonds. The standard InChI is InChI=1S/C27H22F3NO6/c1-14-12-21(36-3)15(2)11-20(14)24(33)22-23(16-7-9-18(32)10-8-16)31(26(35)25(22)34)17-5-4-6-19(13-17)37-27(28,29)30/h4-13,23,32-33H,1-3H3/b24-22+. The monoisotopic (exact) mass is 513 g/mol. The fourth-order valence-corrected chi connectivity index (χ4v) is 4.31. The molecular formula is C27H22F3NO6. The van der Waals surface area contributed by atoms with Crippen LogP contribution in [0.3, 0.4) is 0 Å². The molecule has 10 heteroatoms. The van der Waals surface area contributed by atoms with Crippen LogP contribution in [0, 0.1) is 13.8 Å². The van der Waals surface area contributed by atoms with E-state index < -0.39 is 35.6 Å². The zero-order valence-corrected chi connectivity index (χ0v) is 20.0. The zero-order valence-electron chi connectivity index (χ0n) is 20.0. The number of hydrogen-bond acceptors (Lipinski definition) is 6. The first kappa shape index (κ1) is 25.6. The van der Waals surface area contributed by atoms with Gasteiger partial charge in [0.05, 0.1) is 18.7 Å². The number of carbonyl (C=O) groups excluding carboxylic acids is 2. The van der Waals surface area contributed by atoms with E-state index in [0.29, 0.717) is 22.4 Å². The minimum absolute atomic E-state index is 0.0522. The van der Waals surface area contributed by atoms with E-state index in [-0.39, 0.29) is 22.6 Å². The van der Waals surface area contributed by atoms with E-state index in [1.165, 1.54) is 43.5 Å². The Kier molecular flexibility index (Phi) is 6.60. The van der Waals surface area contributed by atoms with Crippen molar-refractivity contribution < 1.29 is 42.4 Å². The minimum Gasteiger partial charge on any atom is -0.508 e. The molecule has 1 saturated heterocycles. The number of rotatable bonds is 5. The number of phenols is 1. The molecule has 0 aromatic heterocycles. The molecule has 1 heterocycles. The first-order valence-corrected chi connectivity index (χ1v) is 11.0. The predicted octanol–water partition coefficient (Wildman–Crippen LogP) is 5.54. The summed E-state index contributed by atoms with van der Waals surface area (Å²) in [5.41, 5.74) is 1.55. The van der Waals surface area contributed by atoms with Gasteiger partial charge >= 0.3 is 6.36 Å². The predicted molar refractivity (Wildman–Crippen MR) is 128 cm³/mol. The van der Waals surface area contributed by atoms with Crippen molar-refractivity contribution in [3.8, 4) is 17.2 Å². The average Bonchev–Trinajstić information content (AvgIpc) is 3.09. The molecule has 0 radical (unpaired) electrons. The van der Waals surface area contributed by atoms with Gasteiger partial charge in [0, 0.05) is 17.3 Å². The number of anilines is 1. The van der Waals surface area contributed by atoms with E-state index in [1.807, 2.05) is 0 Å². The third-order valence-corrected chi connectivity index (χ3v) is 5.98. The second-order valence-corrected chi connectivity index (χ2v) is 8.44. The lowest BCUT2D eigenvalue weighted by atomic mass is 9.93. The van der Waals surface area contributed by atoms with E-state index in [4.69, 9.17) is 4.74 Å². The Bertz CT molecular complexity index is 1410. The van der Waals surface area contributed by atoms with Gasteiger partial charge in [-0.25, -0.2) is 0 Å². The molecule has 192 valence electrons. The van der Waals surface area contributed by atoms with Crippen LogP contribution in [0.4, 0.5) is 18.9 Å². The van der Waals surface area contributed by atoms with E-state index in [1.54, 1.807) is 26.0 Å². The molecule has 3 aromatic carbocycles. The van der Waals surface area contributed by atoms with Gasteiger partial charge in [-0.05, 0) is 66.9 Å². The highest BCUT2D eigenvalue weighted by Crippen LogP contribution is 2.44. The van der Waals surface area contributed by atoms with Crippen LogP contribution < -0.4 is 14.4 Å². The summed E-state index contributed by atoms with van der Waals surface area (Å²) in [7, 11) is 1.49. The summed E-state index contributed by atoms with van der Waals surface area (Å²) in [4.78, 5) is 27.5. The highest BCUT2D eigenvalue weighted by Gasteiger charge is 2.47. The maximum atomic E-state index is 13.3. The number of phenolic OH excluding ortho intramolecular Hbond substituents is 1. The van der Waals surface area contributed by atoms with E-state index >= 15 is 0 Å². The number of aliphatic hydroxyl groups excluding tert-OH is 1. The minimum atomic E-state index is -4.97. The maximum absolute atomic E-state index is 13.3. The second-order valence-electron chi connectivity index (χ2n) is 8.44. The molecule has 7 nitrogen and oxygen atoms in total. The maximum Gasteiger partial charge on any atom is 0.573 e. The molecular weight excluding hydrogens is 491 g/mol. The van der Waals surface area contributed by atoms with Gasteiger partial charge in [-0.1, -0.05) is 18.2 Å². The van der Waals surface area contributed by atoms with Crippen molar-refractivity contribution >= 4 is 23.1 Å². The van der Waals surface area contributed by atoms with Crippen LogP contribution in [-0.2, 0) is 9.59 Å². The number of aryl methyl sites for hydroxylation is 2. The Hall–Kier alpha value is -4.47. The summed E-state index contributed by atoms with van der Waals surface area (Å²) in [6.07, 6.45) is -4.97. The molecule has 37 heavy (non-hydrogen) atoms. The Morgan fingerprint density at radius 3 is 2.27 bits per heavy atom. The van der Waals surface area contributed by atoms with Crippen LogP contribution in [0.25, 0.3) is 5.76 Å². The van der Waals surface area contributed by atoms with Crippen molar-refractivity contribution in [2.24, 2.45) is 0 Å². The number of hydrogen-bond donors (Lipinski definition) is 2. The van der Waals surface area contributed by atoms with Crippen LogP contribution >= 0.6 is 0 Å². The van der Waals surface area contributed by atoms with Crippen molar-refractivity contribution in [3.05, 3.63) is 88.5 Å². The topological polar surface area (TPSA) is 96.3 Å². The van der Waals surface area contributed by atoms with Crippen molar-refractivity contribution in [1.29, 1.82) is 0 Å². The average molecular weight is 513 g/mol. The van der Waals surface area contributed by atoms with Crippen molar-refractivity contribution in [1.82, 2.24) is 0 Å². The number of carbonyl (C=O) groups is 2. The number of halogens is 3. The van der Waals surface area contributed by atoms with Gasteiger partial charge in [-0.3, -0.25) is 14.5 Å². The second kappa shape index (κ2) is 9.53. The number of aromatic hydroxyl groups is 1. The number of ether oxygens (including phenoxy) is 2. The van der Waals surface area contributed by atoms with Gasteiger partial charge in [0.25, 0.3) is 11.7 Å². The highest BCUT2D eigenvalue weighted by molar-refractivity contribution is 6.51. The van der Waals surface area contributed by atoms with E-state index in [2.05, 4.69) is 4.74 Å². The van der Waals surface area contributed by atoms with Crippen LogP contribution in [0.15, 0.2) is 66.2 Å². The van der Waals surface area contributed by atoms with E-state index in [0.717, 1.165) is 17.0 Å². The summed E-state index contributed by atoms with van der Waals surface area (Å²) >= 11 is 0. The molecule has 1 atom stereocenters. The Labute approximate surface area is 210 Å². The first-order valence-electron chi connectivity index (χ1n) is 11.0. The van der Waals surface area contributed by atoms with Gasteiger partial charge in [0.15, 0.2) is 0 Å². The van der Waals surface area contributed by atoms with Crippen molar-refractivity contribution in [2.45, 2.75) is 26.3 Å². The van der Waals surface area contributed by atoms with Crippen LogP contribution in [0.1, 0.15) is 28.3 Å². The molecule has 0 bridgehead atoms. The van der Waals surface area contributed by atoms with Crippen LogP contribution in [0.2, 0.25) is 0 Å². The number of amides is 1. The highest BCUT2D eigenvalue weighted by atomic mass is 19.4. The largest absolute Gasteiger partial charge is 0.573 e.